The van der Waals surface area contributed by atoms with E-state index in [2.05, 4.69) is 15.0 Å². The van der Waals surface area contributed by atoms with Gasteiger partial charge < -0.3 is 9.32 Å². The van der Waals surface area contributed by atoms with Gasteiger partial charge in [-0.05, 0) is 31.4 Å². The minimum absolute atomic E-state index is 0.0929. The topological polar surface area (TPSA) is 72.1 Å². The minimum Gasteiger partial charge on any atom is -0.445 e. The summed E-state index contributed by atoms with van der Waals surface area (Å²) in [6.07, 6.45) is 8.17. The first kappa shape index (κ1) is 18.3. The number of hydrogen-bond donors (Lipinski definition) is 0. The average molecular weight is 380 g/mol. The number of carbonyl (C=O) groups is 1. The first-order valence-electron chi connectivity index (χ1n) is 9.28. The molecule has 0 aliphatic carbocycles. The highest BCUT2D eigenvalue weighted by Crippen LogP contribution is 2.34. The monoisotopic (exact) mass is 380 g/mol. The van der Waals surface area contributed by atoms with Crippen LogP contribution in [0.1, 0.15) is 47.3 Å². The van der Waals surface area contributed by atoms with Crippen LogP contribution in [0.5, 0.6) is 0 Å². The van der Waals surface area contributed by atoms with Crippen molar-refractivity contribution in [2.75, 3.05) is 13.1 Å². The van der Waals surface area contributed by atoms with Gasteiger partial charge in [0.1, 0.15) is 17.9 Å². The minimum atomic E-state index is -0.392. The van der Waals surface area contributed by atoms with E-state index in [-0.39, 0.29) is 11.7 Å². The molecule has 0 spiro atoms. The van der Waals surface area contributed by atoms with Crippen LogP contribution in [0.2, 0.25) is 0 Å². The molecule has 144 valence electrons. The predicted octanol–water partition coefficient (Wildman–Crippen LogP) is 3.39. The Balaban J connectivity index is 1.51. The summed E-state index contributed by atoms with van der Waals surface area (Å²) in [6, 6.07) is 6.64. The van der Waals surface area contributed by atoms with E-state index in [1.54, 1.807) is 29.3 Å². The zero-order valence-electron chi connectivity index (χ0n) is 15.6. The zero-order chi connectivity index (χ0) is 19.6. The van der Waals surface area contributed by atoms with Gasteiger partial charge in [-0.25, -0.2) is 19.3 Å². The molecule has 6 nitrogen and oxygen atoms in total. The highest BCUT2D eigenvalue weighted by molar-refractivity contribution is 5.93. The Morgan fingerprint density at radius 1 is 1.25 bits per heavy atom. The maximum Gasteiger partial charge on any atom is 0.257 e. The van der Waals surface area contributed by atoms with E-state index in [1.807, 2.05) is 6.92 Å². The molecule has 1 aliphatic heterocycles. The molecule has 0 saturated carbocycles. The van der Waals surface area contributed by atoms with Crippen molar-refractivity contribution < 1.29 is 13.6 Å². The highest BCUT2D eigenvalue weighted by Gasteiger charge is 2.38. The van der Waals surface area contributed by atoms with E-state index in [9.17, 15) is 9.18 Å². The Bertz CT molecular complexity index is 975. The van der Waals surface area contributed by atoms with E-state index in [0.717, 1.165) is 12.8 Å². The van der Waals surface area contributed by atoms with Crippen LogP contribution in [0, 0.1) is 5.82 Å². The quantitative estimate of drug-likeness (QED) is 0.694. The number of likely N-dealkylation sites (tertiary alicyclic amines) is 1. The number of benzene rings is 1. The highest BCUT2D eigenvalue weighted by atomic mass is 19.1. The van der Waals surface area contributed by atoms with Gasteiger partial charge in [-0.1, -0.05) is 18.2 Å². The van der Waals surface area contributed by atoms with Crippen molar-refractivity contribution in [2.24, 2.45) is 0 Å². The molecule has 1 fully saturated rings. The van der Waals surface area contributed by atoms with Gasteiger partial charge in [0, 0.05) is 31.9 Å². The molecule has 1 amide bonds. The number of oxazole rings is 1. The fourth-order valence-electron chi connectivity index (χ4n) is 3.68. The average Bonchev–Trinajstić information content (AvgIpc) is 3.19. The van der Waals surface area contributed by atoms with Crippen LogP contribution in [-0.4, -0.2) is 38.8 Å². The van der Waals surface area contributed by atoms with Gasteiger partial charge in [-0.15, -0.1) is 0 Å². The Kier molecular flexibility index (Phi) is 4.90. The molecule has 0 radical (unpaired) electrons. The molecule has 2 aromatic heterocycles. The molecule has 1 atom stereocenters. The van der Waals surface area contributed by atoms with Crippen LogP contribution in [0.25, 0.3) is 0 Å². The summed E-state index contributed by atoms with van der Waals surface area (Å²) in [5, 5.41) is 0. The van der Waals surface area contributed by atoms with Crippen molar-refractivity contribution in [2.45, 2.75) is 31.6 Å². The molecule has 0 N–H and O–H groups in total. The van der Waals surface area contributed by atoms with Crippen LogP contribution < -0.4 is 0 Å². The van der Waals surface area contributed by atoms with Gasteiger partial charge >= 0.3 is 0 Å². The van der Waals surface area contributed by atoms with Crippen molar-refractivity contribution in [1.82, 2.24) is 19.9 Å². The van der Waals surface area contributed by atoms with E-state index < -0.39 is 5.41 Å². The molecular formula is C21H21FN4O2. The van der Waals surface area contributed by atoms with Crippen LogP contribution in [-0.2, 0) is 11.8 Å². The summed E-state index contributed by atoms with van der Waals surface area (Å²) < 4.78 is 19.9. The van der Waals surface area contributed by atoms with Crippen LogP contribution in [0.3, 0.4) is 0 Å². The number of carbonyl (C=O) groups excluding carboxylic acids is 1. The molecular weight excluding hydrogens is 359 g/mol. The van der Waals surface area contributed by atoms with Gasteiger partial charge in [0.2, 0.25) is 5.89 Å². The maximum absolute atomic E-state index is 13.9. The number of amides is 1. The smallest absolute Gasteiger partial charge is 0.257 e. The number of nitrogens with zero attached hydrogens (tertiary/aromatic N) is 4. The Labute approximate surface area is 162 Å². The summed E-state index contributed by atoms with van der Waals surface area (Å²) in [5.74, 6) is 0.845. The van der Waals surface area contributed by atoms with Gasteiger partial charge in [-0.3, -0.25) is 4.79 Å². The van der Waals surface area contributed by atoms with Gasteiger partial charge in [0.15, 0.2) is 0 Å². The van der Waals surface area contributed by atoms with Crippen LogP contribution >= 0.6 is 0 Å². The second kappa shape index (κ2) is 7.50. The lowest BCUT2D eigenvalue weighted by Gasteiger charge is -2.38. The Morgan fingerprint density at radius 3 is 2.82 bits per heavy atom. The van der Waals surface area contributed by atoms with E-state index >= 15 is 0 Å². The summed E-state index contributed by atoms with van der Waals surface area (Å²) in [5.41, 5.74) is 0.649. The summed E-state index contributed by atoms with van der Waals surface area (Å²) in [4.78, 5) is 26.9. The fourth-order valence-corrected chi connectivity index (χ4v) is 3.68. The summed E-state index contributed by atoms with van der Waals surface area (Å²) >= 11 is 0. The molecule has 0 unspecified atom stereocenters. The van der Waals surface area contributed by atoms with Crippen molar-refractivity contribution in [3.8, 4) is 0 Å². The lowest BCUT2D eigenvalue weighted by atomic mass is 9.81. The number of aromatic nitrogens is 3. The molecule has 1 aromatic carbocycles. The molecule has 0 bridgehead atoms. The maximum atomic E-state index is 13.9. The molecule has 4 rings (SSSR count). The number of piperidine rings is 1. The molecule has 1 aliphatic rings. The lowest BCUT2D eigenvalue weighted by molar-refractivity contribution is 0.0625. The van der Waals surface area contributed by atoms with E-state index in [4.69, 9.17) is 4.42 Å². The first-order chi connectivity index (χ1) is 13.5. The van der Waals surface area contributed by atoms with Crippen molar-refractivity contribution >= 4 is 5.91 Å². The molecule has 7 heteroatoms. The number of rotatable bonds is 4. The second-order valence-corrected chi connectivity index (χ2v) is 7.42. The molecule has 28 heavy (non-hydrogen) atoms. The fraction of sp³-hybridized carbons (Fsp3) is 0.333. The number of halogens is 1. The van der Waals surface area contributed by atoms with Crippen LogP contribution in [0.15, 0.2) is 53.6 Å². The predicted molar refractivity (Wildman–Crippen MR) is 100 cm³/mol. The third-order valence-electron chi connectivity index (χ3n) is 5.18. The third-order valence-corrected chi connectivity index (χ3v) is 5.18. The number of hydrogen-bond acceptors (Lipinski definition) is 5. The summed E-state index contributed by atoms with van der Waals surface area (Å²) in [6.45, 7) is 3.22. The largest absolute Gasteiger partial charge is 0.445 e. The third kappa shape index (κ3) is 3.65. The lowest BCUT2D eigenvalue weighted by Crippen LogP contribution is -2.47. The van der Waals surface area contributed by atoms with E-state index in [0.29, 0.717) is 42.3 Å². The van der Waals surface area contributed by atoms with E-state index in [1.165, 1.54) is 24.8 Å². The van der Waals surface area contributed by atoms with Crippen molar-refractivity contribution in [3.63, 3.8) is 0 Å². The second-order valence-electron chi connectivity index (χ2n) is 7.42. The first-order valence-corrected chi connectivity index (χ1v) is 9.28. The van der Waals surface area contributed by atoms with Gasteiger partial charge in [-0.2, -0.15) is 0 Å². The Morgan fingerprint density at radius 2 is 2.04 bits per heavy atom. The van der Waals surface area contributed by atoms with Gasteiger partial charge in [0.25, 0.3) is 5.91 Å². The van der Waals surface area contributed by atoms with Gasteiger partial charge in [0.05, 0.1) is 17.2 Å². The standard InChI is InChI=1S/C21H21FN4O2/c1-21(7-4-8-26(13-21)19(27)16-10-23-14-24-11-16)20-25-12-17(28-20)9-15-5-2-3-6-18(15)22/h2-3,5-6,10-12,14H,4,7-9,13H2,1H3/t21-/m0/s1. The molecule has 1 saturated heterocycles. The molecule has 3 heterocycles. The Hall–Kier alpha value is -3.09. The van der Waals surface area contributed by atoms with Crippen molar-refractivity contribution in [3.05, 3.63) is 77.8 Å². The van der Waals surface area contributed by atoms with Crippen LogP contribution in [0.4, 0.5) is 4.39 Å². The normalized spacial score (nSPS) is 19.6. The zero-order valence-corrected chi connectivity index (χ0v) is 15.6. The molecule has 3 aromatic rings. The van der Waals surface area contributed by atoms with Crippen molar-refractivity contribution in [1.29, 1.82) is 0 Å². The SMILES string of the molecule is C[C@]1(c2ncc(Cc3ccccc3F)o2)CCCN(C(=O)c2cncnc2)C1. The summed E-state index contributed by atoms with van der Waals surface area (Å²) in [7, 11) is 0.